The molecule has 1 saturated heterocycles. The number of carbonyl (C=O) groups excluding carboxylic acids is 8. The maximum absolute atomic E-state index is 14.5. The van der Waals surface area contributed by atoms with Gasteiger partial charge in [-0.15, -0.1) is 0 Å². The van der Waals surface area contributed by atoms with Gasteiger partial charge in [0.2, 0.25) is 47.3 Å². The number of aliphatic hydroxyl groups is 1. The Morgan fingerprint density at radius 3 is 1.61 bits per heavy atom. The average molecular weight is 1160 g/mol. The molecule has 434 valence electrons. The van der Waals surface area contributed by atoms with Gasteiger partial charge in [-0.2, -0.15) is 25.3 Å². The minimum Gasteiger partial charge on any atom is -0.508 e. The van der Waals surface area contributed by atoms with Crippen LogP contribution >= 0.6 is 25.3 Å². The highest BCUT2D eigenvalue weighted by Crippen LogP contribution is 2.24. The number of carboxylic acid groups (broad SMARTS) is 1. The van der Waals surface area contributed by atoms with E-state index in [1.165, 1.54) is 36.1 Å². The van der Waals surface area contributed by atoms with Crippen molar-refractivity contribution in [2.75, 3.05) is 24.7 Å². The first-order chi connectivity index (χ1) is 39.4. The largest absolute Gasteiger partial charge is 0.508 e. The molecule has 0 unspecified atom stereocenters. The number of aliphatic carboxylic acids is 1. The number of nitrogens with two attached hydrogens (primary N) is 1. The summed E-state index contributed by atoms with van der Waals surface area (Å²) in [6.07, 6.45) is 3.67. The highest BCUT2D eigenvalue weighted by atomic mass is 32.1. The monoisotopic (exact) mass is 1160 g/mol. The fourth-order valence-corrected chi connectivity index (χ4v) is 10.0. The van der Waals surface area contributed by atoms with Crippen LogP contribution in [-0.4, -0.2) is 162 Å². The molecule has 8 amide bonds. The van der Waals surface area contributed by atoms with Crippen LogP contribution in [0.2, 0.25) is 0 Å². The molecule has 0 aliphatic carbocycles. The molecule has 25 heteroatoms. The summed E-state index contributed by atoms with van der Waals surface area (Å²) in [5.41, 5.74) is 9.97. The predicted molar refractivity (Wildman–Crippen MR) is 310 cm³/mol. The molecule has 1 aliphatic heterocycles. The summed E-state index contributed by atoms with van der Waals surface area (Å²) in [7, 11) is 0. The third kappa shape index (κ3) is 16.0. The van der Waals surface area contributed by atoms with Gasteiger partial charge in [-0.05, 0) is 66.3 Å². The van der Waals surface area contributed by atoms with E-state index in [1.54, 1.807) is 60.9 Å². The smallest absolute Gasteiger partial charge is 0.327 e. The number of para-hydroxylation sites is 2. The van der Waals surface area contributed by atoms with Crippen molar-refractivity contribution in [1.29, 1.82) is 0 Å². The van der Waals surface area contributed by atoms with E-state index in [2.05, 4.69) is 72.4 Å². The van der Waals surface area contributed by atoms with Gasteiger partial charge >= 0.3 is 5.97 Å². The lowest BCUT2D eigenvalue weighted by atomic mass is 10.0. The highest BCUT2D eigenvalue weighted by Gasteiger charge is 2.40. The molecule has 7 rings (SSSR count). The lowest BCUT2D eigenvalue weighted by Gasteiger charge is -2.30. The average Bonchev–Trinajstić information content (AvgIpc) is 4.33. The van der Waals surface area contributed by atoms with E-state index in [9.17, 15) is 58.5 Å². The van der Waals surface area contributed by atoms with Gasteiger partial charge in [0.05, 0.1) is 12.6 Å². The Bertz CT molecular complexity index is 3250. The van der Waals surface area contributed by atoms with Gasteiger partial charge in [-0.25, -0.2) is 4.79 Å². The van der Waals surface area contributed by atoms with Crippen molar-refractivity contribution in [1.82, 2.24) is 52.1 Å². The molecule has 0 radical (unpaired) electrons. The zero-order chi connectivity index (χ0) is 59.0. The first-order valence-electron chi connectivity index (χ1n) is 26.5. The summed E-state index contributed by atoms with van der Waals surface area (Å²) in [6, 6.07) is 17.0. The molecule has 4 aromatic carbocycles. The second-order valence-corrected chi connectivity index (χ2v) is 20.7. The first kappa shape index (κ1) is 61.2. The number of hydrogen-bond donors (Lipinski definition) is 15. The summed E-state index contributed by atoms with van der Waals surface area (Å²) < 4.78 is 0. The van der Waals surface area contributed by atoms with Crippen LogP contribution in [-0.2, 0) is 68.8 Å². The molecule has 0 bridgehead atoms. The van der Waals surface area contributed by atoms with Crippen LogP contribution in [0.4, 0.5) is 0 Å². The zero-order valence-corrected chi connectivity index (χ0v) is 46.5. The Morgan fingerprint density at radius 2 is 1.05 bits per heavy atom. The normalized spacial score (nSPS) is 16.1. The fourth-order valence-electron chi connectivity index (χ4n) is 9.59. The van der Waals surface area contributed by atoms with E-state index >= 15 is 0 Å². The summed E-state index contributed by atoms with van der Waals surface area (Å²) >= 11 is 8.20. The molecule has 2 aromatic heterocycles. The number of H-pyrrole nitrogens is 2. The number of carboxylic acids is 1. The van der Waals surface area contributed by atoms with E-state index < -0.39 is 114 Å². The number of thiol groups is 2. The number of nitrogens with zero attached hydrogens (tertiary/aromatic N) is 1. The van der Waals surface area contributed by atoms with Gasteiger partial charge in [0.1, 0.15) is 54.1 Å². The van der Waals surface area contributed by atoms with E-state index in [0.717, 1.165) is 27.4 Å². The number of amides is 8. The summed E-state index contributed by atoms with van der Waals surface area (Å²) in [5, 5.41) is 49.9. The zero-order valence-electron chi connectivity index (χ0n) is 44.7. The Hall–Kier alpha value is -8.39. The minimum atomic E-state index is -1.69. The molecular formula is C57H67N11O12S2. The molecular weight excluding hydrogens is 1090 g/mol. The summed E-state index contributed by atoms with van der Waals surface area (Å²) in [4.78, 5) is 132. The lowest BCUT2D eigenvalue weighted by Crippen LogP contribution is -2.61. The molecule has 14 N–H and O–H groups in total. The highest BCUT2D eigenvalue weighted by molar-refractivity contribution is 7.80. The SMILES string of the molecule is C[C@H](NC(=O)[C@H](CO)NC(=O)[C@H](Cc1ccccc1)NC(=O)[C@@H]1CCCN1C(=O)[C@H](Cc1c[nH]c2ccccc12)NC(=O)[C@@H](N)CS)C(=O)N[C@@H](Cc1ccc(O)cc1)C(=O)N[C@@H](Cc1c[nH]c2ccccc12)C(=O)N[C@@H](CS)C(=O)O. The number of rotatable bonds is 27. The number of benzene rings is 4. The third-order valence-electron chi connectivity index (χ3n) is 14.1. The van der Waals surface area contributed by atoms with Crippen molar-refractivity contribution in [2.24, 2.45) is 5.73 Å². The summed E-state index contributed by atoms with van der Waals surface area (Å²) in [6.45, 7) is 0.473. The van der Waals surface area contributed by atoms with Crippen molar-refractivity contribution in [3.05, 3.63) is 138 Å². The van der Waals surface area contributed by atoms with Gasteiger partial charge in [-0.1, -0.05) is 78.9 Å². The second kappa shape index (κ2) is 28.8. The maximum atomic E-state index is 14.5. The molecule has 1 aliphatic rings. The van der Waals surface area contributed by atoms with Crippen molar-refractivity contribution < 1.29 is 58.5 Å². The van der Waals surface area contributed by atoms with Crippen LogP contribution in [0, 0.1) is 0 Å². The quantitative estimate of drug-likeness (QED) is 0.0309. The van der Waals surface area contributed by atoms with Gasteiger partial charge in [0.15, 0.2) is 0 Å². The van der Waals surface area contributed by atoms with Crippen molar-refractivity contribution in [3.63, 3.8) is 0 Å². The topological polar surface area (TPSA) is 359 Å². The molecule has 6 aromatic rings. The number of likely N-dealkylation sites (tertiary alicyclic amines) is 1. The molecule has 23 nitrogen and oxygen atoms in total. The number of fused-ring (bicyclic) bond motifs is 2. The summed E-state index contributed by atoms with van der Waals surface area (Å²) in [5.74, 6) is -8.12. The molecule has 9 atom stereocenters. The maximum Gasteiger partial charge on any atom is 0.327 e. The Morgan fingerprint density at radius 1 is 0.573 bits per heavy atom. The first-order valence-corrected chi connectivity index (χ1v) is 27.8. The number of carbonyl (C=O) groups is 9. The van der Waals surface area contributed by atoms with Crippen LogP contribution < -0.4 is 43.0 Å². The number of aliphatic hydroxyl groups excluding tert-OH is 1. The van der Waals surface area contributed by atoms with Gasteiger partial charge < -0.3 is 73.1 Å². The van der Waals surface area contributed by atoms with Crippen LogP contribution in [0.5, 0.6) is 5.75 Å². The number of aromatic amines is 2. The van der Waals surface area contributed by atoms with Crippen molar-refractivity contribution in [2.45, 2.75) is 99.8 Å². The Labute approximate surface area is 482 Å². The van der Waals surface area contributed by atoms with Crippen LogP contribution in [0.25, 0.3) is 21.8 Å². The van der Waals surface area contributed by atoms with Crippen LogP contribution in [0.3, 0.4) is 0 Å². The van der Waals surface area contributed by atoms with Crippen LogP contribution in [0.1, 0.15) is 42.0 Å². The van der Waals surface area contributed by atoms with E-state index in [4.69, 9.17) is 5.73 Å². The van der Waals surface area contributed by atoms with E-state index in [1.807, 2.05) is 30.3 Å². The minimum absolute atomic E-state index is 0.00710. The molecule has 82 heavy (non-hydrogen) atoms. The number of nitrogens with one attached hydrogen (secondary N) is 9. The standard InChI is InChI=1S/C57H67N11O12S2/c1-31(49(71)62-42(23-33-17-19-36(70)20-18-33)51(73)63-44(53(75)67-47(30-82)57(79)80)24-34-26-59-40-14-7-5-12-37(34)40)61-54(76)46(28-69)66-52(74)43(22-32-10-3-2-4-11-32)64-55(77)48-16-9-21-68(48)56(78)45(65-50(72)39(58)29-81)25-35-27-60-41-15-8-6-13-38(35)41/h2-8,10-15,17-20,26-27,31,39,42-48,59-60,69-70,81-82H,9,16,21-25,28-30,58H2,1H3,(H,61,76)(H,62,71)(H,63,73)(H,64,77)(H,65,72)(H,66,74)(H,67,75)(H,79,80)/t31-,39-,42-,43-,44-,45-,46-,47-,48-/m0/s1. The number of aromatic hydroxyl groups is 1. The number of phenolic OH excluding ortho intramolecular Hbond substituents is 1. The van der Waals surface area contributed by atoms with Gasteiger partial charge in [0, 0.05) is 77.9 Å². The lowest BCUT2D eigenvalue weighted by molar-refractivity contribution is -0.142. The second-order valence-electron chi connectivity index (χ2n) is 20.0. The Kier molecular flexibility index (Phi) is 21.5. The molecule has 0 saturated carbocycles. The van der Waals surface area contributed by atoms with E-state index in [-0.39, 0.29) is 55.9 Å². The van der Waals surface area contributed by atoms with E-state index in [0.29, 0.717) is 23.1 Å². The molecule has 1 fully saturated rings. The van der Waals surface area contributed by atoms with Crippen molar-refractivity contribution in [3.8, 4) is 5.75 Å². The molecule has 0 spiro atoms. The van der Waals surface area contributed by atoms with Gasteiger partial charge in [-0.3, -0.25) is 38.4 Å². The van der Waals surface area contributed by atoms with Gasteiger partial charge in [0.25, 0.3) is 0 Å². The number of hydrogen-bond acceptors (Lipinski definition) is 14. The fraction of sp³-hybridized carbons (Fsp3) is 0.351. The number of phenols is 1. The molecule has 3 heterocycles. The Balaban J connectivity index is 1.04. The van der Waals surface area contributed by atoms with Crippen LogP contribution in [0.15, 0.2) is 116 Å². The predicted octanol–water partition coefficient (Wildman–Crippen LogP) is 0.294. The number of aromatic nitrogens is 2. The van der Waals surface area contributed by atoms with Crippen molar-refractivity contribution >= 4 is 100 Å². The third-order valence-corrected chi connectivity index (χ3v) is 14.9.